The number of sulfonamides is 1. The molecule has 0 saturated heterocycles. The molecule has 28 heavy (non-hydrogen) atoms. The summed E-state index contributed by atoms with van der Waals surface area (Å²) in [5.74, 6) is -0.254. The number of fused-ring (bicyclic) bond motifs is 1. The Morgan fingerprint density at radius 1 is 1.11 bits per heavy atom. The van der Waals surface area contributed by atoms with Gasteiger partial charge in [-0.2, -0.15) is 4.31 Å². The summed E-state index contributed by atoms with van der Waals surface area (Å²) in [5, 5.41) is 3.77. The van der Waals surface area contributed by atoms with Crippen LogP contribution in [0.1, 0.15) is 17.5 Å². The monoisotopic (exact) mass is 397 g/mol. The highest BCUT2D eigenvalue weighted by Crippen LogP contribution is 2.21. The summed E-state index contributed by atoms with van der Waals surface area (Å²) >= 11 is 0. The minimum Gasteiger partial charge on any atom is -0.324 e. The van der Waals surface area contributed by atoms with Gasteiger partial charge in [-0.05, 0) is 24.6 Å². The Morgan fingerprint density at radius 3 is 2.61 bits per heavy atom. The van der Waals surface area contributed by atoms with Gasteiger partial charge in [0.1, 0.15) is 0 Å². The molecule has 2 aromatic carbocycles. The molecule has 3 aromatic rings. The Hall–Kier alpha value is -2.77. The number of aromatic nitrogens is 1. The summed E-state index contributed by atoms with van der Waals surface area (Å²) in [5.41, 5.74) is 3.28. The minimum atomic E-state index is -3.44. The molecule has 6 nitrogen and oxygen atoms in total. The zero-order valence-corrected chi connectivity index (χ0v) is 16.7. The van der Waals surface area contributed by atoms with Crippen molar-refractivity contribution in [2.24, 2.45) is 0 Å². The van der Waals surface area contributed by atoms with E-state index in [1.165, 1.54) is 4.31 Å². The molecule has 0 aliphatic heterocycles. The van der Waals surface area contributed by atoms with Crippen molar-refractivity contribution in [2.45, 2.75) is 19.9 Å². The number of nitrogens with zero attached hydrogens (tertiary/aromatic N) is 2. The van der Waals surface area contributed by atoms with Crippen LogP contribution in [0.25, 0.3) is 10.9 Å². The summed E-state index contributed by atoms with van der Waals surface area (Å²) in [7, 11) is -3.44. The van der Waals surface area contributed by atoms with E-state index < -0.39 is 10.0 Å². The van der Waals surface area contributed by atoms with Crippen molar-refractivity contribution in [1.29, 1.82) is 0 Å². The number of pyridine rings is 1. The van der Waals surface area contributed by atoms with Crippen molar-refractivity contribution in [2.75, 3.05) is 18.1 Å². The maximum absolute atomic E-state index is 12.4. The van der Waals surface area contributed by atoms with Gasteiger partial charge >= 0.3 is 0 Å². The Morgan fingerprint density at radius 2 is 1.86 bits per heavy atom. The number of anilines is 1. The minimum absolute atomic E-state index is 0.0576. The first-order valence-electron chi connectivity index (χ1n) is 8.97. The molecule has 146 valence electrons. The zero-order valence-electron chi connectivity index (χ0n) is 15.9. The van der Waals surface area contributed by atoms with E-state index >= 15 is 0 Å². The SMILES string of the molecule is Cc1cccc(CN(CCC(=O)Nc2cccc3cccnc23)S(C)(=O)=O)c1. The van der Waals surface area contributed by atoms with Crippen LogP contribution in [0.3, 0.4) is 0 Å². The normalized spacial score (nSPS) is 11.7. The molecule has 1 aromatic heterocycles. The number of nitrogens with one attached hydrogen (secondary N) is 1. The van der Waals surface area contributed by atoms with E-state index in [4.69, 9.17) is 0 Å². The number of para-hydroxylation sites is 1. The number of carbonyl (C=O) groups excluding carboxylic acids is 1. The van der Waals surface area contributed by atoms with E-state index in [1.807, 2.05) is 55.5 Å². The molecular formula is C21H23N3O3S. The molecule has 1 N–H and O–H groups in total. The quantitative estimate of drug-likeness (QED) is 0.663. The van der Waals surface area contributed by atoms with Gasteiger partial charge in [0.2, 0.25) is 15.9 Å². The lowest BCUT2D eigenvalue weighted by molar-refractivity contribution is -0.116. The summed E-state index contributed by atoms with van der Waals surface area (Å²) in [6, 6.07) is 17.0. The van der Waals surface area contributed by atoms with E-state index in [-0.39, 0.29) is 25.4 Å². The molecule has 0 saturated carbocycles. The predicted octanol–water partition coefficient (Wildman–Crippen LogP) is 3.33. The third-order valence-corrected chi connectivity index (χ3v) is 5.66. The van der Waals surface area contributed by atoms with E-state index in [0.29, 0.717) is 11.2 Å². The van der Waals surface area contributed by atoms with Crippen LogP contribution in [0.4, 0.5) is 5.69 Å². The highest BCUT2D eigenvalue weighted by Gasteiger charge is 2.18. The lowest BCUT2D eigenvalue weighted by atomic mass is 10.1. The average molecular weight is 398 g/mol. The average Bonchev–Trinajstić information content (AvgIpc) is 2.64. The van der Waals surface area contributed by atoms with Crippen LogP contribution in [0, 0.1) is 6.92 Å². The summed E-state index contributed by atoms with van der Waals surface area (Å²) in [4.78, 5) is 16.7. The molecule has 1 amide bonds. The van der Waals surface area contributed by atoms with Crippen molar-refractivity contribution < 1.29 is 13.2 Å². The van der Waals surface area contributed by atoms with Crippen molar-refractivity contribution in [1.82, 2.24) is 9.29 Å². The van der Waals surface area contributed by atoms with Gasteiger partial charge in [0.05, 0.1) is 17.5 Å². The second-order valence-corrected chi connectivity index (χ2v) is 8.75. The van der Waals surface area contributed by atoms with Crippen LogP contribution in [-0.2, 0) is 21.4 Å². The van der Waals surface area contributed by atoms with Crippen LogP contribution in [0.5, 0.6) is 0 Å². The summed E-state index contributed by atoms with van der Waals surface area (Å²) < 4.78 is 25.6. The first kappa shape index (κ1) is 20.0. The van der Waals surface area contributed by atoms with Crippen LogP contribution >= 0.6 is 0 Å². The van der Waals surface area contributed by atoms with Crippen LogP contribution in [-0.4, -0.2) is 36.4 Å². The highest BCUT2D eigenvalue weighted by molar-refractivity contribution is 7.88. The Bertz CT molecular complexity index is 1090. The number of aryl methyl sites for hydroxylation is 1. The maximum Gasteiger partial charge on any atom is 0.225 e. The number of carbonyl (C=O) groups is 1. The van der Waals surface area contributed by atoms with Gasteiger partial charge in [0, 0.05) is 31.1 Å². The van der Waals surface area contributed by atoms with E-state index in [9.17, 15) is 13.2 Å². The lowest BCUT2D eigenvalue weighted by Crippen LogP contribution is -2.32. The molecule has 0 aliphatic carbocycles. The first-order valence-corrected chi connectivity index (χ1v) is 10.8. The smallest absolute Gasteiger partial charge is 0.225 e. The second-order valence-electron chi connectivity index (χ2n) is 6.76. The van der Waals surface area contributed by atoms with Gasteiger partial charge in [-0.1, -0.05) is 48.0 Å². The molecule has 0 atom stereocenters. The van der Waals surface area contributed by atoms with Gasteiger partial charge < -0.3 is 5.32 Å². The number of hydrogen-bond acceptors (Lipinski definition) is 4. The fourth-order valence-electron chi connectivity index (χ4n) is 3.02. The molecule has 3 rings (SSSR count). The largest absolute Gasteiger partial charge is 0.324 e. The third kappa shape index (κ3) is 5.15. The van der Waals surface area contributed by atoms with Crippen molar-refractivity contribution >= 4 is 32.5 Å². The standard InChI is InChI=1S/C21H23N3O3S/c1-16-6-3-7-17(14-16)15-24(28(2,26)27)13-11-20(25)23-19-10-4-8-18-9-5-12-22-21(18)19/h3-10,12,14H,11,13,15H2,1-2H3,(H,23,25). The van der Waals surface area contributed by atoms with E-state index in [2.05, 4.69) is 10.3 Å². The van der Waals surface area contributed by atoms with Crippen LogP contribution in [0.15, 0.2) is 60.8 Å². The number of amides is 1. The van der Waals surface area contributed by atoms with Gasteiger partial charge in [-0.25, -0.2) is 8.42 Å². The van der Waals surface area contributed by atoms with Gasteiger partial charge in [0.15, 0.2) is 0 Å². The fourth-order valence-corrected chi connectivity index (χ4v) is 3.83. The van der Waals surface area contributed by atoms with Crippen LogP contribution in [0.2, 0.25) is 0 Å². The van der Waals surface area contributed by atoms with Crippen molar-refractivity contribution in [3.8, 4) is 0 Å². The lowest BCUT2D eigenvalue weighted by Gasteiger charge is -2.20. The Kier molecular flexibility index (Phi) is 6.06. The highest BCUT2D eigenvalue weighted by atomic mass is 32.2. The molecule has 0 fully saturated rings. The molecule has 0 spiro atoms. The maximum atomic E-state index is 12.4. The molecule has 0 unspecified atom stereocenters. The Balaban J connectivity index is 1.68. The van der Waals surface area contributed by atoms with E-state index in [1.54, 1.807) is 12.3 Å². The molecule has 7 heteroatoms. The summed E-state index contributed by atoms with van der Waals surface area (Å²) in [6.45, 7) is 2.31. The zero-order chi connectivity index (χ0) is 20.1. The number of rotatable bonds is 7. The molecule has 0 aliphatic rings. The third-order valence-electron chi connectivity index (χ3n) is 4.41. The van der Waals surface area contributed by atoms with Gasteiger partial charge in [-0.3, -0.25) is 9.78 Å². The Labute approximate surface area is 165 Å². The van der Waals surface area contributed by atoms with Gasteiger partial charge in [-0.15, -0.1) is 0 Å². The van der Waals surface area contributed by atoms with Crippen LogP contribution < -0.4 is 5.32 Å². The van der Waals surface area contributed by atoms with Crippen molar-refractivity contribution in [3.63, 3.8) is 0 Å². The molecular weight excluding hydrogens is 374 g/mol. The summed E-state index contributed by atoms with van der Waals surface area (Å²) in [6.07, 6.45) is 2.89. The van der Waals surface area contributed by atoms with Gasteiger partial charge in [0.25, 0.3) is 0 Å². The van der Waals surface area contributed by atoms with E-state index in [0.717, 1.165) is 22.8 Å². The first-order chi connectivity index (χ1) is 13.3. The molecule has 0 bridgehead atoms. The molecule has 1 heterocycles. The topological polar surface area (TPSA) is 79.4 Å². The predicted molar refractivity (Wildman–Crippen MR) is 111 cm³/mol. The number of hydrogen-bond donors (Lipinski definition) is 1. The molecule has 0 radical (unpaired) electrons. The fraction of sp³-hybridized carbons (Fsp3) is 0.238. The number of benzene rings is 2. The van der Waals surface area contributed by atoms with Crippen molar-refractivity contribution in [3.05, 3.63) is 71.9 Å². The second kappa shape index (κ2) is 8.50.